The Morgan fingerprint density at radius 1 is 1.27 bits per heavy atom. The monoisotopic (exact) mass is 444 g/mol. The topological polar surface area (TPSA) is 81.3 Å². The van der Waals surface area contributed by atoms with Crippen LogP contribution in [0, 0.1) is 6.92 Å². The van der Waals surface area contributed by atoms with Gasteiger partial charge in [0.2, 0.25) is 23.2 Å². The van der Waals surface area contributed by atoms with Crippen molar-refractivity contribution < 1.29 is 13.9 Å². The first kappa shape index (κ1) is 20.7. The number of aromatic nitrogens is 3. The van der Waals surface area contributed by atoms with Crippen molar-refractivity contribution in [1.82, 2.24) is 15.2 Å². The van der Waals surface area contributed by atoms with Crippen molar-refractivity contribution in [3.63, 3.8) is 0 Å². The Balaban J connectivity index is 1.87. The van der Waals surface area contributed by atoms with Crippen LogP contribution in [0.4, 0.5) is 5.69 Å². The number of rotatable bonds is 5. The van der Waals surface area contributed by atoms with Crippen LogP contribution in [0.3, 0.4) is 0 Å². The fourth-order valence-electron chi connectivity index (χ4n) is 3.22. The van der Waals surface area contributed by atoms with Crippen LogP contribution < -0.4 is 9.64 Å². The number of thioether (sulfide) groups is 1. The molecule has 1 aromatic carbocycles. The lowest BCUT2D eigenvalue weighted by atomic mass is 10.1. The van der Waals surface area contributed by atoms with Gasteiger partial charge in [0, 0.05) is 23.3 Å². The molecule has 0 saturated heterocycles. The average molecular weight is 445 g/mol. The number of fused-ring (bicyclic) bond motifs is 3. The molecule has 1 amide bonds. The van der Waals surface area contributed by atoms with Gasteiger partial charge in [0.15, 0.2) is 11.5 Å². The summed E-state index contributed by atoms with van der Waals surface area (Å²) in [5.41, 5.74) is 1.67. The molecule has 0 N–H and O–H groups in total. The van der Waals surface area contributed by atoms with Crippen LogP contribution in [0.15, 0.2) is 39.9 Å². The quantitative estimate of drug-likeness (QED) is 0.383. The van der Waals surface area contributed by atoms with Crippen molar-refractivity contribution in [3.05, 3.63) is 46.9 Å². The lowest BCUT2D eigenvalue weighted by molar-refractivity contribution is -0.118. The smallest absolute Gasteiger partial charge is 0.247 e. The third-order valence-electron chi connectivity index (χ3n) is 4.64. The molecule has 0 fully saturated rings. The molecular weight excluding hydrogens is 424 g/mol. The predicted molar refractivity (Wildman–Crippen MR) is 116 cm³/mol. The van der Waals surface area contributed by atoms with Crippen molar-refractivity contribution >= 4 is 35.0 Å². The lowest BCUT2D eigenvalue weighted by Gasteiger charge is -2.28. The summed E-state index contributed by atoms with van der Waals surface area (Å²) >= 11 is 7.78. The second kappa shape index (κ2) is 8.65. The van der Waals surface area contributed by atoms with Crippen molar-refractivity contribution in [2.75, 3.05) is 10.7 Å². The molecule has 1 aliphatic heterocycles. The molecule has 3 heterocycles. The standard InChI is InChI=1S/C21H21ClN4O3S/c1-4-5-10-30-21-23-19-18(24-25-21)15-11-14(22)7-8-16(15)26(13(3)27)20(29-19)17-9-6-12(2)28-17/h6-9,11,20H,4-5,10H2,1-3H3/t20-/m0/s1. The molecule has 1 aliphatic rings. The molecule has 0 bridgehead atoms. The van der Waals surface area contributed by atoms with Gasteiger partial charge in [-0.05, 0) is 43.7 Å². The Morgan fingerprint density at radius 3 is 2.80 bits per heavy atom. The number of benzene rings is 1. The van der Waals surface area contributed by atoms with E-state index in [2.05, 4.69) is 22.1 Å². The van der Waals surface area contributed by atoms with E-state index in [4.69, 9.17) is 20.8 Å². The summed E-state index contributed by atoms with van der Waals surface area (Å²) in [7, 11) is 0. The first-order valence-electron chi connectivity index (χ1n) is 9.68. The second-order valence-corrected chi connectivity index (χ2v) is 8.42. The molecule has 0 spiro atoms. The number of halogens is 1. The minimum absolute atomic E-state index is 0.212. The van der Waals surface area contributed by atoms with Crippen molar-refractivity contribution in [3.8, 4) is 17.1 Å². The zero-order chi connectivity index (χ0) is 21.3. The highest BCUT2D eigenvalue weighted by atomic mass is 35.5. The number of nitrogens with zero attached hydrogens (tertiary/aromatic N) is 4. The lowest BCUT2D eigenvalue weighted by Crippen LogP contribution is -2.35. The van der Waals surface area contributed by atoms with Crippen LogP contribution >= 0.6 is 23.4 Å². The van der Waals surface area contributed by atoms with E-state index in [-0.39, 0.29) is 11.8 Å². The van der Waals surface area contributed by atoms with Gasteiger partial charge in [-0.1, -0.05) is 36.7 Å². The summed E-state index contributed by atoms with van der Waals surface area (Å²) in [6.45, 7) is 5.45. The van der Waals surface area contributed by atoms with Gasteiger partial charge in [-0.15, -0.1) is 10.2 Å². The first-order valence-corrected chi connectivity index (χ1v) is 11.0. The molecule has 156 valence electrons. The van der Waals surface area contributed by atoms with E-state index in [0.29, 0.717) is 32.9 Å². The van der Waals surface area contributed by atoms with Crippen molar-refractivity contribution in [2.24, 2.45) is 0 Å². The maximum Gasteiger partial charge on any atom is 0.247 e. The maximum atomic E-state index is 12.7. The van der Waals surface area contributed by atoms with Gasteiger partial charge in [0.1, 0.15) is 5.76 Å². The molecule has 4 rings (SSSR count). The first-order chi connectivity index (χ1) is 14.5. The van der Waals surface area contributed by atoms with Gasteiger partial charge in [0.25, 0.3) is 0 Å². The van der Waals surface area contributed by atoms with Crippen LogP contribution in [0.2, 0.25) is 5.02 Å². The number of anilines is 1. The number of hydrogen-bond acceptors (Lipinski definition) is 7. The van der Waals surface area contributed by atoms with Gasteiger partial charge in [-0.3, -0.25) is 9.69 Å². The Morgan fingerprint density at radius 2 is 2.10 bits per heavy atom. The van der Waals surface area contributed by atoms with Gasteiger partial charge < -0.3 is 9.15 Å². The number of aryl methyl sites for hydroxylation is 1. The van der Waals surface area contributed by atoms with E-state index < -0.39 is 6.23 Å². The Kier molecular flexibility index (Phi) is 5.97. The maximum absolute atomic E-state index is 12.7. The van der Waals surface area contributed by atoms with Crippen molar-refractivity contribution in [2.45, 2.75) is 45.0 Å². The van der Waals surface area contributed by atoms with Crippen LogP contribution in [-0.2, 0) is 4.79 Å². The fraction of sp³-hybridized carbons (Fsp3) is 0.333. The molecule has 0 saturated carbocycles. The van der Waals surface area contributed by atoms with Crippen LogP contribution in [0.5, 0.6) is 5.88 Å². The summed E-state index contributed by atoms with van der Waals surface area (Å²) in [6.07, 6.45) is 1.31. The van der Waals surface area contributed by atoms with Gasteiger partial charge in [-0.2, -0.15) is 4.98 Å². The molecule has 3 aromatic rings. The Bertz CT molecular complexity index is 1090. The molecule has 2 aromatic heterocycles. The van der Waals surface area contributed by atoms with Crippen LogP contribution in [-0.4, -0.2) is 26.8 Å². The zero-order valence-electron chi connectivity index (χ0n) is 16.9. The largest absolute Gasteiger partial charge is 0.460 e. The minimum Gasteiger partial charge on any atom is -0.460 e. The number of hydrogen-bond donors (Lipinski definition) is 0. The summed E-state index contributed by atoms with van der Waals surface area (Å²) in [4.78, 5) is 18.8. The van der Waals surface area contributed by atoms with Gasteiger partial charge >= 0.3 is 0 Å². The van der Waals surface area contributed by atoms with E-state index in [0.717, 1.165) is 24.4 Å². The molecule has 7 nitrogen and oxygen atoms in total. The van der Waals surface area contributed by atoms with Crippen molar-refractivity contribution in [1.29, 1.82) is 0 Å². The number of amides is 1. The highest BCUT2D eigenvalue weighted by molar-refractivity contribution is 7.99. The summed E-state index contributed by atoms with van der Waals surface area (Å²) < 4.78 is 12.0. The number of ether oxygens (including phenoxy) is 1. The summed E-state index contributed by atoms with van der Waals surface area (Å²) in [5.74, 6) is 2.18. The molecule has 0 aliphatic carbocycles. The summed E-state index contributed by atoms with van der Waals surface area (Å²) in [6, 6.07) is 8.86. The number of unbranched alkanes of at least 4 members (excludes halogenated alkanes) is 1. The number of carbonyl (C=O) groups is 1. The van der Waals surface area contributed by atoms with E-state index in [9.17, 15) is 4.79 Å². The highest BCUT2D eigenvalue weighted by Gasteiger charge is 2.36. The highest BCUT2D eigenvalue weighted by Crippen LogP contribution is 2.44. The average Bonchev–Trinajstić information content (AvgIpc) is 3.08. The van der Waals surface area contributed by atoms with E-state index in [1.165, 1.54) is 23.6 Å². The minimum atomic E-state index is -0.831. The third kappa shape index (κ3) is 4.02. The van der Waals surface area contributed by atoms with Crippen LogP contribution in [0.1, 0.15) is 44.4 Å². The predicted octanol–water partition coefficient (Wildman–Crippen LogP) is 5.43. The SMILES string of the molecule is CCCCSc1nnc2c(n1)O[C@@H](c1ccc(C)o1)N(C(C)=O)c1ccc(Cl)cc1-2. The van der Waals surface area contributed by atoms with Crippen LogP contribution in [0.25, 0.3) is 11.3 Å². The number of furan rings is 1. The molecule has 0 unspecified atom stereocenters. The van der Waals surface area contributed by atoms with E-state index >= 15 is 0 Å². The molecule has 30 heavy (non-hydrogen) atoms. The summed E-state index contributed by atoms with van der Waals surface area (Å²) in [5, 5.41) is 9.68. The zero-order valence-corrected chi connectivity index (χ0v) is 18.5. The van der Waals surface area contributed by atoms with Gasteiger partial charge in [-0.25, -0.2) is 0 Å². The Labute approximate surface area is 183 Å². The number of carbonyl (C=O) groups excluding carboxylic acids is 1. The molecule has 0 radical (unpaired) electrons. The molecule has 1 atom stereocenters. The Hall–Kier alpha value is -2.58. The van der Waals surface area contributed by atoms with E-state index in [1.807, 2.05) is 13.0 Å². The van der Waals surface area contributed by atoms with E-state index in [1.54, 1.807) is 24.3 Å². The normalized spacial score (nSPS) is 15.2. The van der Waals surface area contributed by atoms with Gasteiger partial charge in [0.05, 0.1) is 5.69 Å². The molecular formula is C21H21ClN4O3S. The fourth-order valence-corrected chi connectivity index (χ4v) is 4.25. The third-order valence-corrected chi connectivity index (χ3v) is 5.80. The molecule has 9 heteroatoms. The second-order valence-electron chi connectivity index (χ2n) is 6.92.